The van der Waals surface area contributed by atoms with Gasteiger partial charge in [0.25, 0.3) is 0 Å². The molecular formula is C24H21N7O2. The maximum Gasteiger partial charge on any atom is 0.329 e. The maximum absolute atomic E-state index is 13.5. The van der Waals surface area contributed by atoms with Gasteiger partial charge in [0.1, 0.15) is 5.82 Å². The molecule has 4 aromatic rings. The third-order valence-corrected chi connectivity index (χ3v) is 6.07. The molecule has 0 aliphatic carbocycles. The summed E-state index contributed by atoms with van der Waals surface area (Å²) in [6.07, 6.45) is 7.30. The number of amides is 2. The van der Waals surface area contributed by atoms with Gasteiger partial charge in [0.2, 0.25) is 0 Å². The molecule has 1 atom stereocenters. The molecular weight excluding hydrogens is 418 g/mol. The molecule has 164 valence electrons. The number of carbonyl (C=O) groups is 1. The van der Waals surface area contributed by atoms with Crippen LogP contribution in [0.5, 0.6) is 0 Å². The highest BCUT2D eigenvalue weighted by atomic mass is 16.3. The summed E-state index contributed by atoms with van der Waals surface area (Å²) in [5.41, 5.74) is 4.46. The van der Waals surface area contributed by atoms with Gasteiger partial charge in [-0.05, 0) is 49.7 Å². The molecule has 9 heteroatoms. The van der Waals surface area contributed by atoms with Gasteiger partial charge in [-0.15, -0.1) is 0 Å². The minimum absolute atomic E-state index is 0.0527. The highest BCUT2D eigenvalue weighted by Gasteiger charge is 2.40. The first-order chi connectivity index (χ1) is 16.2. The predicted molar refractivity (Wildman–Crippen MR) is 124 cm³/mol. The smallest absolute Gasteiger partial charge is 0.329 e. The van der Waals surface area contributed by atoms with Gasteiger partial charge >= 0.3 is 6.03 Å². The summed E-state index contributed by atoms with van der Waals surface area (Å²) < 4.78 is 5.36. The molecule has 6 rings (SSSR count). The molecule has 4 aromatic heterocycles. The van der Waals surface area contributed by atoms with Crippen molar-refractivity contribution >= 4 is 23.4 Å². The monoisotopic (exact) mass is 439 g/mol. The number of aromatic nitrogens is 4. The van der Waals surface area contributed by atoms with Crippen LogP contribution in [-0.4, -0.2) is 45.1 Å². The lowest BCUT2D eigenvalue weighted by molar-refractivity contribution is 0.254. The molecule has 9 nitrogen and oxygen atoms in total. The van der Waals surface area contributed by atoms with Crippen LogP contribution in [0.15, 0.2) is 65.8 Å². The fourth-order valence-corrected chi connectivity index (χ4v) is 4.52. The minimum Gasteiger partial charge on any atom is -0.444 e. The summed E-state index contributed by atoms with van der Waals surface area (Å²) >= 11 is 0. The first-order valence-corrected chi connectivity index (χ1v) is 10.8. The summed E-state index contributed by atoms with van der Waals surface area (Å²) in [4.78, 5) is 35.0. The number of aryl methyl sites for hydroxylation is 1. The molecule has 33 heavy (non-hydrogen) atoms. The third kappa shape index (κ3) is 3.47. The van der Waals surface area contributed by atoms with Crippen LogP contribution < -0.4 is 15.1 Å². The van der Waals surface area contributed by atoms with E-state index < -0.39 is 0 Å². The van der Waals surface area contributed by atoms with Crippen LogP contribution in [0.2, 0.25) is 0 Å². The van der Waals surface area contributed by atoms with Gasteiger partial charge in [-0.1, -0.05) is 0 Å². The van der Waals surface area contributed by atoms with Crippen LogP contribution in [0.3, 0.4) is 0 Å². The zero-order chi connectivity index (χ0) is 22.4. The second-order valence-electron chi connectivity index (χ2n) is 8.21. The number of nitrogens with zero attached hydrogens (tertiary/aromatic N) is 6. The molecule has 6 heterocycles. The summed E-state index contributed by atoms with van der Waals surface area (Å²) in [6.45, 7) is 3.64. The van der Waals surface area contributed by atoms with E-state index in [1.165, 1.54) is 6.39 Å². The van der Waals surface area contributed by atoms with Crippen molar-refractivity contribution in [3.63, 3.8) is 0 Å². The van der Waals surface area contributed by atoms with Crippen molar-refractivity contribution in [3.8, 4) is 22.6 Å². The molecule has 1 N–H and O–H groups in total. The van der Waals surface area contributed by atoms with E-state index in [0.29, 0.717) is 17.4 Å². The second kappa shape index (κ2) is 7.70. The Morgan fingerprint density at radius 3 is 2.85 bits per heavy atom. The quantitative estimate of drug-likeness (QED) is 0.512. The minimum atomic E-state index is -0.249. The van der Waals surface area contributed by atoms with Crippen molar-refractivity contribution in [3.05, 3.63) is 67.1 Å². The number of hydrogen-bond donors (Lipinski definition) is 1. The van der Waals surface area contributed by atoms with Gasteiger partial charge in [-0.2, -0.15) is 0 Å². The molecule has 2 aliphatic heterocycles. The summed E-state index contributed by atoms with van der Waals surface area (Å²) in [5, 5.41) is 2.95. The Kier molecular flexibility index (Phi) is 4.53. The summed E-state index contributed by atoms with van der Waals surface area (Å²) in [5.74, 6) is 1.72. The molecule has 2 amide bonds. The highest BCUT2D eigenvalue weighted by Crippen LogP contribution is 2.40. The Labute approximate surface area is 190 Å². The van der Waals surface area contributed by atoms with E-state index in [9.17, 15) is 4.79 Å². The van der Waals surface area contributed by atoms with Gasteiger partial charge in [-0.25, -0.2) is 19.7 Å². The molecule has 0 saturated carbocycles. The van der Waals surface area contributed by atoms with E-state index in [0.717, 1.165) is 47.7 Å². The van der Waals surface area contributed by atoms with Crippen LogP contribution in [0.1, 0.15) is 12.1 Å². The fourth-order valence-electron chi connectivity index (χ4n) is 4.52. The number of fused-ring (bicyclic) bond motifs is 4. The second-order valence-corrected chi connectivity index (χ2v) is 8.21. The molecule has 2 bridgehead atoms. The van der Waals surface area contributed by atoms with Crippen molar-refractivity contribution in [1.29, 1.82) is 0 Å². The molecule has 2 aliphatic rings. The lowest BCUT2D eigenvalue weighted by Crippen LogP contribution is -2.48. The number of oxazole rings is 1. The SMILES string of the molecule is Cc1cc(-c2ccc3c(n2)N(C(=O)Nc2cc(-c4cnco4)ccn2)[C@H]2CCN3C2)ccn1. The lowest BCUT2D eigenvalue weighted by atomic mass is 10.1. The Morgan fingerprint density at radius 2 is 2.00 bits per heavy atom. The predicted octanol–water partition coefficient (Wildman–Crippen LogP) is 4.13. The van der Waals surface area contributed by atoms with Crippen LogP contribution in [0, 0.1) is 6.92 Å². The van der Waals surface area contributed by atoms with Crippen molar-refractivity contribution < 1.29 is 9.21 Å². The van der Waals surface area contributed by atoms with E-state index in [2.05, 4.69) is 31.2 Å². The number of nitrogens with one attached hydrogen (secondary N) is 1. The Hall–Kier alpha value is -4.27. The van der Waals surface area contributed by atoms with Crippen molar-refractivity contribution in [2.75, 3.05) is 28.2 Å². The van der Waals surface area contributed by atoms with Gasteiger partial charge < -0.3 is 9.32 Å². The molecule has 1 saturated heterocycles. The third-order valence-electron chi connectivity index (χ3n) is 6.07. The van der Waals surface area contributed by atoms with Crippen LogP contribution in [0.4, 0.5) is 22.1 Å². The molecule has 0 radical (unpaired) electrons. The summed E-state index contributed by atoms with van der Waals surface area (Å²) in [6, 6.07) is 11.4. The van der Waals surface area contributed by atoms with Crippen LogP contribution in [0.25, 0.3) is 22.6 Å². The normalized spacial score (nSPS) is 16.6. The van der Waals surface area contributed by atoms with Gasteiger partial charge in [0.05, 0.1) is 23.6 Å². The van der Waals surface area contributed by atoms with E-state index in [1.807, 2.05) is 31.2 Å². The lowest BCUT2D eigenvalue weighted by Gasteiger charge is -2.35. The van der Waals surface area contributed by atoms with Crippen LogP contribution >= 0.6 is 0 Å². The fraction of sp³-hybridized carbons (Fsp3) is 0.208. The number of urea groups is 1. The zero-order valence-corrected chi connectivity index (χ0v) is 18.0. The Balaban J connectivity index is 1.34. The first-order valence-electron chi connectivity index (χ1n) is 10.8. The maximum atomic E-state index is 13.5. The number of anilines is 3. The Morgan fingerprint density at radius 1 is 1.12 bits per heavy atom. The standard InChI is InChI=1S/C24H21N7O2/c1-15-10-16(4-7-26-15)19-2-3-20-23(28-19)31(18-6-9-30(20)13-18)24(32)29-22-11-17(5-8-27-22)21-12-25-14-33-21/h2-5,7-8,10-12,14,18H,6,9,13H2,1H3,(H,27,29,32)/t18-/m0/s1. The zero-order valence-electron chi connectivity index (χ0n) is 18.0. The average molecular weight is 439 g/mol. The Bertz CT molecular complexity index is 1340. The molecule has 0 unspecified atom stereocenters. The van der Waals surface area contributed by atoms with Crippen LogP contribution in [-0.2, 0) is 0 Å². The van der Waals surface area contributed by atoms with Crippen molar-refractivity contribution in [1.82, 2.24) is 19.9 Å². The topological polar surface area (TPSA) is 100 Å². The first kappa shape index (κ1) is 19.4. The number of rotatable bonds is 3. The highest BCUT2D eigenvalue weighted by molar-refractivity contribution is 6.04. The summed E-state index contributed by atoms with van der Waals surface area (Å²) in [7, 11) is 0. The largest absolute Gasteiger partial charge is 0.444 e. The van der Waals surface area contributed by atoms with Gasteiger partial charge in [0.15, 0.2) is 18.0 Å². The molecule has 1 fully saturated rings. The van der Waals surface area contributed by atoms with Crippen molar-refractivity contribution in [2.24, 2.45) is 0 Å². The number of carbonyl (C=O) groups excluding carboxylic acids is 1. The van der Waals surface area contributed by atoms with Crippen molar-refractivity contribution in [2.45, 2.75) is 19.4 Å². The van der Waals surface area contributed by atoms with E-state index in [4.69, 9.17) is 9.40 Å². The van der Waals surface area contributed by atoms with E-state index in [-0.39, 0.29) is 12.1 Å². The number of hydrogen-bond acceptors (Lipinski definition) is 7. The van der Waals surface area contributed by atoms with Gasteiger partial charge in [-0.3, -0.25) is 15.2 Å². The molecule has 0 spiro atoms. The molecule has 0 aromatic carbocycles. The average Bonchev–Trinajstić information content (AvgIpc) is 3.51. The number of pyridine rings is 3. The van der Waals surface area contributed by atoms with E-state index in [1.54, 1.807) is 29.6 Å². The van der Waals surface area contributed by atoms with E-state index >= 15 is 0 Å². The van der Waals surface area contributed by atoms with Gasteiger partial charge in [0, 0.05) is 42.3 Å².